The van der Waals surface area contributed by atoms with Crippen molar-refractivity contribution in [2.24, 2.45) is 11.8 Å². The number of sulfonamides is 1. The van der Waals surface area contributed by atoms with E-state index >= 15 is 0 Å². The Morgan fingerprint density at radius 1 is 0.969 bits per heavy atom. The van der Waals surface area contributed by atoms with E-state index in [2.05, 4.69) is 0 Å². The molecule has 2 atom stereocenters. The topological polar surface area (TPSA) is 101 Å². The molecule has 2 aromatic carbocycles. The molecule has 0 spiro atoms. The first kappa shape index (κ1) is 22.2. The predicted octanol–water partition coefficient (Wildman–Crippen LogP) is 2.76. The van der Waals surface area contributed by atoms with Gasteiger partial charge in [-0.15, -0.1) is 0 Å². The van der Waals surface area contributed by atoms with Gasteiger partial charge in [-0.1, -0.05) is 32.0 Å². The molecule has 8 nitrogen and oxygen atoms in total. The molecule has 1 fully saturated rings. The number of piperidine rings is 1. The minimum atomic E-state index is -3.76. The molecule has 0 aliphatic carbocycles. The van der Waals surface area contributed by atoms with E-state index in [1.165, 1.54) is 40.7 Å². The van der Waals surface area contributed by atoms with Crippen LogP contribution < -0.4 is 0 Å². The number of fused-ring (bicyclic) bond motifs is 1. The molecule has 2 unspecified atom stereocenters. The van der Waals surface area contributed by atoms with Crippen molar-refractivity contribution in [2.45, 2.75) is 25.2 Å². The summed E-state index contributed by atoms with van der Waals surface area (Å²) in [7, 11) is -3.76. The number of nitrogens with zero attached hydrogens (tertiary/aromatic N) is 2. The lowest BCUT2D eigenvalue weighted by atomic mass is 9.94. The normalized spacial score (nSPS) is 21.5. The maximum Gasteiger partial charge on any atom is 0.339 e. The minimum Gasteiger partial charge on any atom is -0.440 e. The molecule has 32 heavy (non-hydrogen) atoms. The molecular weight excluding hydrogens is 432 g/mol. The molecular formula is C23H24N2O6S. The zero-order chi connectivity index (χ0) is 23.0. The lowest BCUT2D eigenvalue weighted by molar-refractivity contribution is 0.0228. The van der Waals surface area contributed by atoms with Crippen LogP contribution in [0.2, 0.25) is 0 Å². The van der Waals surface area contributed by atoms with Crippen LogP contribution in [0, 0.1) is 11.8 Å². The van der Waals surface area contributed by atoms with Gasteiger partial charge in [0.2, 0.25) is 10.0 Å². The molecule has 0 aromatic heterocycles. The SMILES string of the molecule is CC1CC(C)CN(S(=O)(=O)c2cccc(C(=O)OCN3C(=O)c4ccccc4C3=O)c2)C1. The van der Waals surface area contributed by atoms with Gasteiger partial charge in [0.1, 0.15) is 0 Å². The Bertz CT molecular complexity index is 1150. The summed E-state index contributed by atoms with van der Waals surface area (Å²) in [6.07, 6.45) is 0.968. The summed E-state index contributed by atoms with van der Waals surface area (Å²) in [6.45, 7) is 4.35. The number of benzene rings is 2. The number of carbonyl (C=O) groups is 3. The van der Waals surface area contributed by atoms with Crippen LogP contribution in [0.1, 0.15) is 51.3 Å². The Hall–Kier alpha value is -3.04. The summed E-state index contributed by atoms with van der Waals surface area (Å²) in [5.74, 6) is -1.40. The number of hydrogen-bond acceptors (Lipinski definition) is 6. The predicted molar refractivity (Wildman–Crippen MR) is 115 cm³/mol. The summed E-state index contributed by atoms with van der Waals surface area (Å²) >= 11 is 0. The third-order valence-electron chi connectivity index (χ3n) is 5.75. The quantitative estimate of drug-likeness (QED) is 0.507. The van der Waals surface area contributed by atoms with Gasteiger partial charge in [0.05, 0.1) is 21.6 Å². The van der Waals surface area contributed by atoms with Crippen molar-refractivity contribution in [1.82, 2.24) is 9.21 Å². The van der Waals surface area contributed by atoms with Crippen LogP contribution in [-0.4, -0.2) is 55.2 Å². The molecule has 4 rings (SSSR count). The molecule has 1 saturated heterocycles. The highest BCUT2D eigenvalue weighted by Gasteiger charge is 2.36. The third-order valence-corrected chi connectivity index (χ3v) is 7.57. The van der Waals surface area contributed by atoms with E-state index in [-0.39, 0.29) is 33.4 Å². The highest BCUT2D eigenvalue weighted by atomic mass is 32.2. The number of esters is 1. The van der Waals surface area contributed by atoms with Gasteiger partial charge in [-0.2, -0.15) is 4.31 Å². The van der Waals surface area contributed by atoms with Gasteiger partial charge < -0.3 is 4.74 Å². The summed E-state index contributed by atoms with van der Waals surface area (Å²) < 4.78 is 32.8. The van der Waals surface area contributed by atoms with Gasteiger partial charge in [0.25, 0.3) is 11.8 Å². The molecule has 0 bridgehead atoms. The molecule has 2 heterocycles. The second kappa shape index (κ2) is 8.48. The molecule has 0 saturated carbocycles. The molecule has 0 N–H and O–H groups in total. The molecule has 9 heteroatoms. The Labute approximate surface area is 186 Å². The first-order valence-electron chi connectivity index (χ1n) is 10.4. The van der Waals surface area contributed by atoms with E-state index in [0.29, 0.717) is 13.1 Å². The van der Waals surface area contributed by atoms with Crippen LogP contribution in [0.25, 0.3) is 0 Å². The van der Waals surface area contributed by atoms with E-state index in [0.717, 1.165) is 11.3 Å². The number of ether oxygens (including phenoxy) is 1. The van der Waals surface area contributed by atoms with Crippen LogP contribution in [0.4, 0.5) is 0 Å². The Morgan fingerprint density at radius 2 is 1.56 bits per heavy atom. The average molecular weight is 457 g/mol. The van der Waals surface area contributed by atoms with Gasteiger partial charge in [-0.05, 0) is 48.6 Å². The lowest BCUT2D eigenvalue weighted by Gasteiger charge is -2.34. The molecule has 0 radical (unpaired) electrons. The maximum absolute atomic E-state index is 13.1. The van der Waals surface area contributed by atoms with Crippen LogP contribution in [0.5, 0.6) is 0 Å². The van der Waals surface area contributed by atoms with E-state index < -0.39 is 34.5 Å². The van der Waals surface area contributed by atoms with Crippen molar-refractivity contribution in [3.63, 3.8) is 0 Å². The monoisotopic (exact) mass is 456 g/mol. The van der Waals surface area contributed by atoms with Crippen molar-refractivity contribution in [3.05, 3.63) is 65.2 Å². The van der Waals surface area contributed by atoms with Crippen LogP contribution >= 0.6 is 0 Å². The molecule has 2 aliphatic rings. The standard InChI is InChI=1S/C23H24N2O6S/c1-15-10-16(2)13-24(12-15)32(29,30)18-7-5-6-17(11-18)23(28)31-14-25-21(26)19-8-3-4-9-20(19)22(25)27/h3-9,11,15-16H,10,12-14H2,1-2H3. The molecule has 2 aliphatic heterocycles. The van der Waals surface area contributed by atoms with E-state index in [9.17, 15) is 22.8 Å². The van der Waals surface area contributed by atoms with Crippen LogP contribution in [0.3, 0.4) is 0 Å². The highest BCUT2D eigenvalue weighted by molar-refractivity contribution is 7.89. The van der Waals surface area contributed by atoms with Gasteiger partial charge in [-0.25, -0.2) is 18.1 Å². The summed E-state index contributed by atoms with van der Waals surface area (Å²) in [5.41, 5.74) is 0.541. The average Bonchev–Trinajstić information content (AvgIpc) is 3.01. The lowest BCUT2D eigenvalue weighted by Crippen LogP contribution is -2.42. The van der Waals surface area contributed by atoms with Crippen LogP contribution in [-0.2, 0) is 14.8 Å². The van der Waals surface area contributed by atoms with E-state index in [1.807, 2.05) is 13.8 Å². The van der Waals surface area contributed by atoms with Gasteiger partial charge >= 0.3 is 5.97 Å². The molecule has 168 valence electrons. The number of carbonyl (C=O) groups excluding carboxylic acids is 3. The second-order valence-corrected chi connectivity index (χ2v) is 10.4. The van der Waals surface area contributed by atoms with E-state index in [4.69, 9.17) is 4.74 Å². The maximum atomic E-state index is 13.1. The summed E-state index contributed by atoms with van der Waals surface area (Å²) in [5, 5.41) is 0. The van der Waals surface area contributed by atoms with Crippen molar-refractivity contribution in [3.8, 4) is 0 Å². The fraction of sp³-hybridized carbons (Fsp3) is 0.348. The Kier molecular flexibility index (Phi) is 5.87. The number of hydrogen-bond donors (Lipinski definition) is 0. The van der Waals surface area contributed by atoms with Crippen molar-refractivity contribution < 1.29 is 27.5 Å². The summed E-state index contributed by atoms with van der Waals surface area (Å²) in [4.78, 5) is 38.2. The number of rotatable bonds is 5. The Morgan fingerprint density at radius 3 is 2.16 bits per heavy atom. The molecule has 2 aromatic rings. The smallest absolute Gasteiger partial charge is 0.339 e. The van der Waals surface area contributed by atoms with Gasteiger partial charge in [0, 0.05) is 13.1 Å². The van der Waals surface area contributed by atoms with Crippen molar-refractivity contribution >= 4 is 27.8 Å². The number of imide groups is 1. The summed E-state index contributed by atoms with van der Waals surface area (Å²) in [6, 6.07) is 12.0. The molecule has 2 amide bonds. The Balaban J connectivity index is 1.47. The fourth-order valence-electron chi connectivity index (χ4n) is 4.30. The largest absolute Gasteiger partial charge is 0.440 e. The van der Waals surface area contributed by atoms with Crippen molar-refractivity contribution in [2.75, 3.05) is 19.8 Å². The van der Waals surface area contributed by atoms with Crippen molar-refractivity contribution in [1.29, 1.82) is 0 Å². The first-order chi connectivity index (χ1) is 15.2. The van der Waals surface area contributed by atoms with Gasteiger partial charge in [0.15, 0.2) is 6.73 Å². The second-order valence-electron chi connectivity index (χ2n) is 8.44. The van der Waals surface area contributed by atoms with E-state index in [1.54, 1.807) is 12.1 Å². The van der Waals surface area contributed by atoms with Crippen LogP contribution in [0.15, 0.2) is 53.4 Å². The highest BCUT2D eigenvalue weighted by Crippen LogP contribution is 2.27. The minimum absolute atomic E-state index is 0.00832. The first-order valence-corrected chi connectivity index (χ1v) is 11.8. The van der Waals surface area contributed by atoms with Gasteiger partial charge in [-0.3, -0.25) is 9.59 Å². The number of amides is 2. The zero-order valence-electron chi connectivity index (χ0n) is 17.9. The zero-order valence-corrected chi connectivity index (χ0v) is 18.7. The third kappa shape index (κ3) is 4.05. The fourth-order valence-corrected chi connectivity index (χ4v) is 6.02.